The first-order valence-electron chi connectivity index (χ1n) is 5.19. The fourth-order valence-electron chi connectivity index (χ4n) is 2.04. The molecule has 0 aromatic heterocycles. The Hall–Kier alpha value is -0.710. The van der Waals surface area contributed by atoms with E-state index in [1.54, 1.807) is 13.8 Å². The average Bonchev–Trinajstić information content (AvgIpc) is 2.62. The van der Waals surface area contributed by atoms with Crippen molar-refractivity contribution in [2.24, 2.45) is 0 Å². The fourth-order valence-corrected chi connectivity index (χ4v) is 2.04. The quantitative estimate of drug-likeness (QED) is 0.663. The number of aliphatic hydroxyl groups is 2. The molecule has 0 radical (unpaired) electrons. The zero-order valence-corrected chi connectivity index (χ0v) is 9.16. The number of rotatable bonds is 2. The maximum absolute atomic E-state index is 9.89. The van der Waals surface area contributed by atoms with Crippen LogP contribution < -0.4 is 0 Å². The first-order chi connectivity index (χ1) is 7.44. The molecule has 5 atom stereocenters. The summed E-state index contributed by atoms with van der Waals surface area (Å²) < 4.78 is 16.2. The van der Waals surface area contributed by atoms with E-state index in [9.17, 15) is 10.2 Å². The second-order valence-electron chi connectivity index (χ2n) is 4.49. The number of nitrogens with zero attached hydrogens (tertiary/aromatic N) is 1. The van der Waals surface area contributed by atoms with E-state index < -0.39 is 36.5 Å². The van der Waals surface area contributed by atoms with Crippen LogP contribution in [0.1, 0.15) is 20.3 Å². The third-order valence-corrected chi connectivity index (χ3v) is 2.73. The lowest BCUT2D eigenvalue weighted by Crippen LogP contribution is -2.40. The van der Waals surface area contributed by atoms with Crippen LogP contribution in [0.25, 0.3) is 0 Å². The number of nitriles is 1. The van der Waals surface area contributed by atoms with Crippen molar-refractivity contribution < 1.29 is 24.4 Å². The number of fused-ring (bicyclic) bond motifs is 1. The Morgan fingerprint density at radius 2 is 2.12 bits per heavy atom. The van der Waals surface area contributed by atoms with Crippen LogP contribution in [0, 0.1) is 11.3 Å². The topological polar surface area (TPSA) is 91.9 Å². The average molecular weight is 229 g/mol. The van der Waals surface area contributed by atoms with Crippen molar-refractivity contribution in [2.75, 3.05) is 0 Å². The molecule has 0 amide bonds. The molecule has 2 fully saturated rings. The molecule has 0 aliphatic carbocycles. The molecule has 2 aliphatic heterocycles. The van der Waals surface area contributed by atoms with Crippen LogP contribution in [-0.2, 0) is 14.2 Å². The van der Waals surface area contributed by atoms with Gasteiger partial charge in [0.2, 0.25) is 0 Å². The Balaban J connectivity index is 2.03. The van der Waals surface area contributed by atoms with Gasteiger partial charge in [-0.2, -0.15) is 5.26 Å². The highest BCUT2D eigenvalue weighted by atomic mass is 16.8. The van der Waals surface area contributed by atoms with Crippen molar-refractivity contribution in [3.8, 4) is 6.07 Å². The number of ether oxygens (including phenoxy) is 3. The molecule has 0 spiro atoms. The van der Waals surface area contributed by atoms with Gasteiger partial charge in [-0.05, 0) is 13.8 Å². The molecule has 90 valence electrons. The summed E-state index contributed by atoms with van der Waals surface area (Å²) in [5.74, 6) is -0.790. The maximum Gasteiger partial charge on any atom is 0.190 e. The van der Waals surface area contributed by atoms with Crippen molar-refractivity contribution in [1.29, 1.82) is 5.26 Å². The zero-order chi connectivity index (χ0) is 11.9. The second-order valence-corrected chi connectivity index (χ2v) is 4.49. The smallest absolute Gasteiger partial charge is 0.190 e. The van der Waals surface area contributed by atoms with Crippen LogP contribution in [-0.4, -0.2) is 46.7 Å². The van der Waals surface area contributed by atoms with Crippen LogP contribution in [0.2, 0.25) is 0 Å². The van der Waals surface area contributed by atoms with Crippen molar-refractivity contribution >= 4 is 0 Å². The van der Waals surface area contributed by atoms with Gasteiger partial charge in [-0.15, -0.1) is 0 Å². The summed E-state index contributed by atoms with van der Waals surface area (Å²) >= 11 is 0. The monoisotopic (exact) mass is 229 g/mol. The van der Waals surface area contributed by atoms with Gasteiger partial charge in [-0.25, -0.2) is 0 Å². The molecule has 2 N–H and O–H groups in total. The van der Waals surface area contributed by atoms with Crippen LogP contribution >= 0.6 is 0 Å². The summed E-state index contributed by atoms with van der Waals surface area (Å²) in [5.41, 5.74) is 0. The van der Waals surface area contributed by atoms with Gasteiger partial charge in [0.25, 0.3) is 0 Å². The summed E-state index contributed by atoms with van der Waals surface area (Å²) in [6.45, 7) is 3.45. The molecular weight excluding hydrogens is 214 g/mol. The van der Waals surface area contributed by atoms with Crippen molar-refractivity contribution in [3.63, 3.8) is 0 Å². The number of hydrogen-bond acceptors (Lipinski definition) is 6. The van der Waals surface area contributed by atoms with Gasteiger partial charge in [0.15, 0.2) is 12.1 Å². The third-order valence-electron chi connectivity index (χ3n) is 2.73. The van der Waals surface area contributed by atoms with Crippen molar-refractivity contribution in [2.45, 2.75) is 56.8 Å². The molecule has 2 aliphatic rings. The summed E-state index contributed by atoms with van der Waals surface area (Å²) in [6.07, 6.45) is -4.21. The summed E-state index contributed by atoms with van der Waals surface area (Å²) in [7, 11) is 0. The molecular formula is C10H15NO5. The van der Waals surface area contributed by atoms with Gasteiger partial charge in [0, 0.05) is 0 Å². The van der Waals surface area contributed by atoms with E-state index in [0.29, 0.717) is 0 Å². The Kier molecular flexibility index (Phi) is 2.90. The second kappa shape index (κ2) is 3.95. The summed E-state index contributed by atoms with van der Waals surface area (Å²) in [5, 5.41) is 27.9. The van der Waals surface area contributed by atoms with E-state index in [2.05, 4.69) is 0 Å². The molecule has 5 unspecified atom stereocenters. The molecule has 0 saturated carbocycles. The minimum atomic E-state index is -1.03. The van der Waals surface area contributed by atoms with Gasteiger partial charge in [-0.1, -0.05) is 0 Å². The summed E-state index contributed by atoms with van der Waals surface area (Å²) in [6, 6.07) is 1.82. The number of hydrogen-bond donors (Lipinski definition) is 2. The molecule has 6 heteroatoms. The van der Waals surface area contributed by atoms with E-state index in [1.807, 2.05) is 6.07 Å². The Morgan fingerprint density at radius 1 is 1.44 bits per heavy atom. The Morgan fingerprint density at radius 3 is 2.69 bits per heavy atom. The Bertz CT molecular complexity index is 313. The molecule has 16 heavy (non-hydrogen) atoms. The van der Waals surface area contributed by atoms with Gasteiger partial charge >= 0.3 is 0 Å². The molecule has 2 saturated heterocycles. The third kappa shape index (κ3) is 1.93. The highest BCUT2D eigenvalue weighted by Crippen LogP contribution is 2.38. The minimum absolute atomic E-state index is 0.0927. The predicted molar refractivity (Wildman–Crippen MR) is 50.9 cm³/mol. The molecule has 2 rings (SSSR count). The van der Waals surface area contributed by atoms with Crippen LogP contribution in [0.5, 0.6) is 0 Å². The van der Waals surface area contributed by atoms with E-state index in [-0.39, 0.29) is 6.42 Å². The molecule has 2 heterocycles. The van der Waals surface area contributed by atoms with Crippen molar-refractivity contribution in [3.05, 3.63) is 0 Å². The minimum Gasteiger partial charge on any atom is -0.389 e. The van der Waals surface area contributed by atoms with E-state index in [1.165, 1.54) is 0 Å². The molecule has 6 nitrogen and oxygen atoms in total. The zero-order valence-electron chi connectivity index (χ0n) is 9.16. The number of aliphatic hydroxyl groups excluding tert-OH is 2. The van der Waals surface area contributed by atoms with E-state index in [4.69, 9.17) is 19.5 Å². The van der Waals surface area contributed by atoms with Gasteiger partial charge in [0.1, 0.15) is 18.3 Å². The van der Waals surface area contributed by atoms with Crippen molar-refractivity contribution in [1.82, 2.24) is 0 Å². The maximum atomic E-state index is 9.89. The summed E-state index contributed by atoms with van der Waals surface area (Å²) in [4.78, 5) is 0. The first kappa shape index (κ1) is 11.8. The standard InChI is InChI=1S/C10H15NO5/c1-10(2)15-8-6(13)7(5(12)3-4-11)14-9(8)16-10/h5-9,12-13H,3H2,1-2H3. The van der Waals surface area contributed by atoms with Crippen LogP contribution in [0.3, 0.4) is 0 Å². The van der Waals surface area contributed by atoms with Crippen LogP contribution in [0.15, 0.2) is 0 Å². The van der Waals surface area contributed by atoms with E-state index >= 15 is 0 Å². The molecule has 0 aromatic carbocycles. The normalized spacial score (nSPS) is 42.7. The molecule has 0 aromatic rings. The van der Waals surface area contributed by atoms with Gasteiger partial charge in [0.05, 0.1) is 18.6 Å². The SMILES string of the molecule is CC1(C)OC2OC(C(O)CC#N)C(O)C2O1. The van der Waals surface area contributed by atoms with Crippen LogP contribution in [0.4, 0.5) is 0 Å². The van der Waals surface area contributed by atoms with E-state index in [0.717, 1.165) is 0 Å². The van der Waals surface area contributed by atoms with Gasteiger partial charge in [-0.3, -0.25) is 0 Å². The lowest BCUT2D eigenvalue weighted by Gasteiger charge is -2.24. The lowest BCUT2D eigenvalue weighted by molar-refractivity contribution is -0.225. The highest BCUT2D eigenvalue weighted by Gasteiger charge is 2.55. The first-order valence-corrected chi connectivity index (χ1v) is 5.19. The highest BCUT2D eigenvalue weighted by molar-refractivity contribution is 4.97. The fraction of sp³-hybridized carbons (Fsp3) is 0.900. The van der Waals surface area contributed by atoms with Gasteiger partial charge < -0.3 is 24.4 Å². The lowest BCUT2D eigenvalue weighted by atomic mass is 10.0. The Labute approximate surface area is 93.3 Å². The largest absolute Gasteiger partial charge is 0.389 e. The molecule has 0 bridgehead atoms. The predicted octanol–water partition coefficient (Wildman–Crippen LogP) is -0.502.